The second-order valence-electron chi connectivity index (χ2n) is 3.42. The fourth-order valence-corrected chi connectivity index (χ4v) is 1.59. The zero-order chi connectivity index (χ0) is 11.8. The van der Waals surface area contributed by atoms with Crippen LogP contribution in [0.3, 0.4) is 0 Å². The van der Waals surface area contributed by atoms with Gasteiger partial charge in [-0.3, -0.25) is 0 Å². The summed E-state index contributed by atoms with van der Waals surface area (Å²) in [5.74, 6) is -0.483. The Hall–Kier alpha value is -2.57. The molecule has 2 heterocycles. The highest BCUT2D eigenvalue weighted by atomic mass is 16.5. The van der Waals surface area contributed by atoms with Crippen LogP contribution in [-0.4, -0.2) is 22.3 Å². The van der Waals surface area contributed by atoms with E-state index >= 15 is 0 Å². The van der Waals surface area contributed by atoms with Gasteiger partial charge in [-0.2, -0.15) is 4.68 Å². The fraction of sp³-hybridized carbons (Fsp3) is 0.100. The van der Waals surface area contributed by atoms with Gasteiger partial charge in [0.25, 0.3) is 0 Å². The number of benzene rings is 1. The average Bonchev–Trinajstić information content (AvgIpc) is 2.75. The topological polar surface area (TPSA) is 86.4 Å². The van der Waals surface area contributed by atoms with Crippen molar-refractivity contribution in [3.05, 3.63) is 35.1 Å². The predicted molar refractivity (Wildman–Crippen MR) is 56.2 cm³/mol. The van der Waals surface area contributed by atoms with E-state index in [1.165, 1.54) is 0 Å². The standard InChI is InChI=1S/C10H7N3O4/c14-9-4-11-7-3-6(1-2-8(7)17-9)13-10(15)16-5-12-13/h1-3,5,11H,4H2. The molecule has 0 bridgehead atoms. The van der Waals surface area contributed by atoms with Gasteiger partial charge in [0.2, 0.25) is 6.39 Å². The number of ether oxygens (including phenoxy) is 1. The molecule has 0 unspecified atom stereocenters. The van der Waals surface area contributed by atoms with E-state index in [0.717, 1.165) is 11.1 Å². The molecule has 0 amide bonds. The average molecular weight is 233 g/mol. The number of fused-ring (bicyclic) bond motifs is 1. The molecular formula is C10H7N3O4. The molecule has 3 rings (SSSR count). The maximum atomic E-state index is 11.3. The second-order valence-corrected chi connectivity index (χ2v) is 3.42. The van der Waals surface area contributed by atoms with Crippen LogP contribution in [-0.2, 0) is 4.79 Å². The van der Waals surface area contributed by atoms with E-state index in [9.17, 15) is 9.59 Å². The Morgan fingerprint density at radius 2 is 2.24 bits per heavy atom. The smallest absolute Gasteiger partial charge is 0.423 e. The van der Waals surface area contributed by atoms with Crippen LogP contribution in [0.5, 0.6) is 5.75 Å². The molecule has 0 saturated carbocycles. The van der Waals surface area contributed by atoms with E-state index in [-0.39, 0.29) is 12.5 Å². The number of rotatable bonds is 1. The normalized spacial score (nSPS) is 13.8. The number of hydrogen-bond acceptors (Lipinski definition) is 6. The predicted octanol–water partition coefficient (Wildman–Crippen LogP) is 0.156. The van der Waals surface area contributed by atoms with Crippen LogP contribution in [0.2, 0.25) is 0 Å². The first kappa shape index (κ1) is 9.64. The van der Waals surface area contributed by atoms with Crippen LogP contribution in [0.25, 0.3) is 5.69 Å². The molecule has 0 radical (unpaired) electrons. The number of carbonyl (C=O) groups excluding carboxylic acids is 1. The molecule has 86 valence electrons. The summed E-state index contributed by atoms with van der Waals surface area (Å²) in [5, 5.41) is 6.64. The second kappa shape index (κ2) is 3.48. The van der Waals surface area contributed by atoms with Crippen molar-refractivity contribution < 1.29 is 13.9 Å². The van der Waals surface area contributed by atoms with Gasteiger partial charge >= 0.3 is 11.7 Å². The third-order valence-corrected chi connectivity index (χ3v) is 2.34. The lowest BCUT2D eigenvalue weighted by molar-refractivity contribution is -0.132. The SMILES string of the molecule is O=C1CNc2cc(-n3ncoc3=O)ccc2O1. The van der Waals surface area contributed by atoms with Crippen molar-refractivity contribution in [3.8, 4) is 11.4 Å². The van der Waals surface area contributed by atoms with Gasteiger partial charge in [-0.1, -0.05) is 0 Å². The Bertz CT molecular complexity index is 643. The molecule has 1 aliphatic rings. The zero-order valence-corrected chi connectivity index (χ0v) is 8.54. The lowest BCUT2D eigenvalue weighted by atomic mass is 10.2. The van der Waals surface area contributed by atoms with Crippen molar-refractivity contribution in [2.24, 2.45) is 0 Å². The van der Waals surface area contributed by atoms with Gasteiger partial charge in [-0.15, -0.1) is 5.10 Å². The third-order valence-electron chi connectivity index (χ3n) is 2.34. The molecule has 0 spiro atoms. The summed E-state index contributed by atoms with van der Waals surface area (Å²) in [7, 11) is 0. The lowest BCUT2D eigenvalue weighted by Crippen LogP contribution is -2.25. The number of anilines is 1. The van der Waals surface area contributed by atoms with E-state index in [1.807, 2.05) is 0 Å². The van der Waals surface area contributed by atoms with E-state index in [4.69, 9.17) is 4.74 Å². The maximum Gasteiger partial charge on any atom is 0.441 e. The third kappa shape index (κ3) is 1.57. The van der Waals surface area contributed by atoms with Gasteiger partial charge in [-0.05, 0) is 18.2 Å². The van der Waals surface area contributed by atoms with E-state index < -0.39 is 5.76 Å². The summed E-state index contributed by atoms with van der Waals surface area (Å²) < 4.78 is 10.7. The van der Waals surface area contributed by atoms with Crippen molar-refractivity contribution in [3.63, 3.8) is 0 Å². The van der Waals surface area contributed by atoms with Crippen molar-refractivity contribution in [2.75, 3.05) is 11.9 Å². The van der Waals surface area contributed by atoms with Gasteiger partial charge in [0.1, 0.15) is 6.54 Å². The zero-order valence-electron chi connectivity index (χ0n) is 8.54. The Kier molecular flexibility index (Phi) is 1.97. The number of carbonyl (C=O) groups is 1. The van der Waals surface area contributed by atoms with E-state index in [1.54, 1.807) is 18.2 Å². The highest BCUT2D eigenvalue weighted by Crippen LogP contribution is 2.29. The Morgan fingerprint density at radius 1 is 1.35 bits per heavy atom. The minimum absolute atomic E-state index is 0.101. The number of esters is 1. The lowest BCUT2D eigenvalue weighted by Gasteiger charge is -2.17. The molecule has 0 saturated heterocycles. The molecule has 1 aromatic carbocycles. The van der Waals surface area contributed by atoms with Gasteiger partial charge in [-0.25, -0.2) is 9.59 Å². The Labute approximate surface area is 94.6 Å². The van der Waals surface area contributed by atoms with Crippen molar-refractivity contribution >= 4 is 11.7 Å². The van der Waals surface area contributed by atoms with Crippen LogP contribution < -0.4 is 15.8 Å². The summed E-state index contributed by atoms with van der Waals surface area (Å²) in [5.41, 5.74) is 1.17. The van der Waals surface area contributed by atoms with Crippen LogP contribution in [0.15, 0.2) is 33.8 Å². The molecule has 1 aromatic heterocycles. The molecule has 2 aromatic rings. The van der Waals surface area contributed by atoms with Crippen LogP contribution in [0, 0.1) is 0 Å². The molecule has 1 aliphatic heterocycles. The molecule has 7 nitrogen and oxygen atoms in total. The van der Waals surface area contributed by atoms with Gasteiger partial charge in [0.05, 0.1) is 11.4 Å². The van der Waals surface area contributed by atoms with Gasteiger partial charge in [0, 0.05) is 0 Å². The quantitative estimate of drug-likeness (QED) is 0.557. The Balaban J connectivity index is 2.08. The Morgan fingerprint density at radius 3 is 3.00 bits per heavy atom. The molecule has 0 aliphatic carbocycles. The summed E-state index contributed by atoms with van der Waals surface area (Å²) in [6.45, 7) is 0.101. The molecule has 17 heavy (non-hydrogen) atoms. The van der Waals surface area contributed by atoms with Crippen LogP contribution in [0.1, 0.15) is 0 Å². The first-order chi connectivity index (χ1) is 8.24. The molecule has 7 heteroatoms. The van der Waals surface area contributed by atoms with Crippen molar-refractivity contribution in [2.45, 2.75) is 0 Å². The minimum atomic E-state index is -0.572. The molecule has 0 fully saturated rings. The van der Waals surface area contributed by atoms with E-state index in [0.29, 0.717) is 17.1 Å². The summed E-state index contributed by atoms with van der Waals surface area (Å²) in [4.78, 5) is 22.3. The van der Waals surface area contributed by atoms with E-state index in [2.05, 4.69) is 14.8 Å². The highest BCUT2D eigenvalue weighted by molar-refractivity contribution is 5.83. The molecular weight excluding hydrogens is 226 g/mol. The minimum Gasteiger partial charge on any atom is -0.423 e. The maximum absolute atomic E-state index is 11.3. The van der Waals surface area contributed by atoms with Crippen molar-refractivity contribution in [1.82, 2.24) is 9.78 Å². The van der Waals surface area contributed by atoms with Crippen LogP contribution in [0.4, 0.5) is 5.69 Å². The van der Waals surface area contributed by atoms with Crippen LogP contribution >= 0.6 is 0 Å². The summed E-state index contributed by atoms with van der Waals surface area (Å²) in [6.07, 6.45) is 1.06. The van der Waals surface area contributed by atoms with Gasteiger partial charge < -0.3 is 14.5 Å². The fourth-order valence-electron chi connectivity index (χ4n) is 1.59. The number of aromatic nitrogens is 2. The molecule has 1 N–H and O–H groups in total. The first-order valence-corrected chi connectivity index (χ1v) is 4.86. The number of nitrogens with zero attached hydrogens (tertiary/aromatic N) is 2. The molecule has 0 atom stereocenters. The summed E-state index contributed by atoms with van der Waals surface area (Å²) in [6, 6.07) is 4.87. The van der Waals surface area contributed by atoms with Gasteiger partial charge in [0.15, 0.2) is 5.75 Å². The first-order valence-electron chi connectivity index (χ1n) is 4.86. The highest BCUT2D eigenvalue weighted by Gasteiger charge is 2.17. The summed E-state index contributed by atoms with van der Waals surface area (Å²) >= 11 is 0. The van der Waals surface area contributed by atoms with Crippen molar-refractivity contribution in [1.29, 1.82) is 0 Å². The monoisotopic (exact) mass is 233 g/mol. The largest absolute Gasteiger partial charge is 0.441 e. The number of hydrogen-bond donors (Lipinski definition) is 1. The number of nitrogens with one attached hydrogen (secondary N) is 1.